The van der Waals surface area contributed by atoms with E-state index in [0.717, 1.165) is 0 Å². The van der Waals surface area contributed by atoms with Gasteiger partial charge in [-0.15, -0.1) is 0 Å². The van der Waals surface area contributed by atoms with Gasteiger partial charge in [-0.3, -0.25) is 5.10 Å². The molecular weight excluding hydrogens is 314 g/mol. The normalized spacial score (nSPS) is 11.2. The number of aromatic amines is 1. The molecule has 9 nitrogen and oxygen atoms in total. The molecule has 2 aromatic heterocycles. The van der Waals surface area contributed by atoms with Crippen molar-refractivity contribution >= 4 is 11.8 Å². The van der Waals surface area contributed by atoms with Crippen molar-refractivity contribution in [3.63, 3.8) is 0 Å². The molecule has 0 saturated carbocycles. The Bertz CT molecular complexity index is 680. The van der Waals surface area contributed by atoms with Gasteiger partial charge in [0, 0.05) is 6.07 Å². The summed E-state index contributed by atoms with van der Waals surface area (Å²) in [6, 6.07) is 3.23. The predicted molar refractivity (Wildman–Crippen MR) is 85.7 cm³/mol. The molecule has 2 heterocycles. The molecule has 3 N–H and O–H groups in total. The molecule has 0 aromatic carbocycles. The number of hydrogen-bond acceptors (Lipinski definition) is 8. The molecular formula is C15H21N5O4. The Hall–Kier alpha value is -2.68. The molecule has 0 fully saturated rings. The number of H-pyrrole nitrogens is 1. The van der Waals surface area contributed by atoms with Crippen molar-refractivity contribution in [1.82, 2.24) is 20.2 Å². The van der Waals surface area contributed by atoms with Gasteiger partial charge in [-0.25, -0.2) is 14.8 Å². The lowest BCUT2D eigenvalue weighted by molar-refractivity contribution is 0.00628. The first-order valence-electron chi connectivity index (χ1n) is 7.44. The number of carbonyl (C=O) groups excluding carboxylic acids is 1. The van der Waals surface area contributed by atoms with E-state index in [-0.39, 0.29) is 18.9 Å². The lowest BCUT2D eigenvalue weighted by Crippen LogP contribution is -2.24. The number of ether oxygens (including phenoxy) is 2. The third-order valence-corrected chi connectivity index (χ3v) is 2.68. The summed E-state index contributed by atoms with van der Waals surface area (Å²) < 4.78 is 10.5. The second-order valence-corrected chi connectivity index (χ2v) is 5.95. The quantitative estimate of drug-likeness (QED) is 0.644. The summed E-state index contributed by atoms with van der Waals surface area (Å²) in [5.41, 5.74) is 0.351. The molecule has 0 spiro atoms. The van der Waals surface area contributed by atoms with Gasteiger partial charge < -0.3 is 19.9 Å². The molecule has 9 heteroatoms. The first-order chi connectivity index (χ1) is 11.4. The van der Waals surface area contributed by atoms with E-state index < -0.39 is 11.6 Å². The van der Waals surface area contributed by atoms with E-state index in [4.69, 9.17) is 14.6 Å². The number of carbonyl (C=O) groups is 1. The molecule has 0 aliphatic carbocycles. The smallest absolute Gasteiger partial charge is 0.359 e. The number of nitrogens with zero attached hydrogens (tertiary/aromatic N) is 3. The third kappa shape index (κ3) is 5.51. The van der Waals surface area contributed by atoms with Crippen LogP contribution in [0.3, 0.4) is 0 Å². The van der Waals surface area contributed by atoms with E-state index in [2.05, 4.69) is 25.5 Å². The highest BCUT2D eigenvalue weighted by Gasteiger charge is 2.20. The summed E-state index contributed by atoms with van der Waals surface area (Å²) in [7, 11) is 0. The molecule has 2 rings (SSSR count). The van der Waals surface area contributed by atoms with Crippen molar-refractivity contribution in [1.29, 1.82) is 0 Å². The fraction of sp³-hybridized carbons (Fsp3) is 0.467. The number of aliphatic hydroxyl groups excluding tert-OH is 1. The number of esters is 1. The molecule has 0 atom stereocenters. The molecule has 2 aromatic rings. The molecule has 0 amide bonds. The minimum Gasteiger partial charge on any atom is -0.475 e. The molecule has 130 valence electrons. The summed E-state index contributed by atoms with van der Waals surface area (Å²) in [6.45, 7) is 5.85. The van der Waals surface area contributed by atoms with E-state index in [1.807, 2.05) is 0 Å². The Balaban J connectivity index is 1.92. The number of aliphatic hydroxyl groups is 1. The Morgan fingerprint density at radius 1 is 1.33 bits per heavy atom. The number of nitrogens with one attached hydrogen (secondary N) is 2. The van der Waals surface area contributed by atoms with Crippen LogP contribution in [0.2, 0.25) is 0 Å². The molecule has 0 radical (unpaired) electrons. The van der Waals surface area contributed by atoms with Crippen molar-refractivity contribution in [3.05, 3.63) is 29.8 Å². The van der Waals surface area contributed by atoms with Crippen LogP contribution in [-0.4, -0.2) is 50.1 Å². The highest BCUT2D eigenvalue weighted by molar-refractivity contribution is 5.87. The van der Waals surface area contributed by atoms with Gasteiger partial charge >= 0.3 is 5.97 Å². The monoisotopic (exact) mass is 335 g/mol. The summed E-state index contributed by atoms with van der Waals surface area (Å²) in [5, 5.41) is 18.5. The zero-order valence-electron chi connectivity index (χ0n) is 13.9. The summed E-state index contributed by atoms with van der Waals surface area (Å²) >= 11 is 0. The van der Waals surface area contributed by atoms with Gasteiger partial charge in [-0.1, -0.05) is 0 Å². The highest BCUT2D eigenvalue weighted by Crippen LogP contribution is 2.13. The zero-order valence-corrected chi connectivity index (χ0v) is 13.9. The maximum atomic E-state index is 11.9. The van der Waals surface area contributed by atoms with Crippen LogP contribution in [0.15, 0.2) is 18.5 Å². The van der Waals surface area contributed by atoms with E-state index in [9.17, 15) is 4.79 Å². The standard InChI is InChI=1S/C15H21N5O4/c1-15(2,3)24-14(22)11-6-10(19-20-11)8-16-12-7-13(18-9-17-12)23-5-4-21/h6-7,9,21H,4-5,8H2,1-3H3,(H,19,20)(H,16,17,18). The average Bonchev–Trinajstić information content (AvgIpc) is 2.99. The van der Waals surface area contributed by atoms with Crippen LogP contribution in [0.5, 0.6) is 5.88 Å². The largest absolute Gasteiger partial charge is 0.475 e. The van der Waals surface area contributed by atoms with Crippen molar-refractivity contribution in [2.75, 3.05) is 18.5 Å². The van der Waals surface area contributed by atoms with Crippen molar-refractivity contribution in [2.24, 2.45) is 0 Å². The summed E-state index contributed by atoms with van der Waals surface area (Å²) in [6.07, 6.45) is 1.36. The Kier molecular flexibility index (Phi) is 5.69. The topological polar surface area (TPSA) is 122 Å². The van der Waals surface area contributed by atoms with Crippen LogP contribution in [0.1, 0.15) is 37.0 Å². The highest BCUT2D eigenvalue weighted by atomic mass is 16.6. The van der Waals surface area contributed by atoms with Gasteiger partial charge in [0.05, 0.1) is 18.8 Å². The van der Waals surface area contributed by atoms with Crippen molar-refractivity contribution in [2.45, 2.75) is 32.9 Å². The number of hydrogen-bond donors (Lipinski definition) is 3. The Morgan fingerprint density at radius 3 is 2.83 bits per heavy atom. The van der Waals surface area contributed by atoms with E-state index in [1.54, 1.807) is 32.9 Å². The van der Waals surface area contributed by atoms with Crippen LogP contribution in [-0.2, 0) is 11.3 Å². The number of aromatic nitrogens is 4. The van der Waals surface area contributed by atoms with E-state index in [1.165, 1.54) is 6.33 Å². The molecule has 0 bridgehead atoms. The van der Waals surface area contributed by atoms with E-state index in [0.29, 0.717) is 23.9 Å². The van der Waals surface area contributed by atoms with Gasteiger partial charge in [0.1, 0.15) is 24.4 Å². The molecule has 0 aliphatic rings. The van der Waals surface area contributed by atoms with Gasteiger partial charge in [-0.05, 0) is 26.8 Å². The minimum atomic E-state index is -0.569. The maximum absolute atomic E-state index is 11.9. The van der Waals surface area contributed by atoms with Crippen molar-refractivity contribution < 1.29 is 19.4 Å². The van der Waals surface area contributed by atoms with Gasteiger partial charge in [0.2, 0.25) is 5.88 Å². The molecule has 24 heavy (non-hydrogen) atoms. The van der Waals surface area contributed by atoms with Crippen molar-refractivity contribution in [3.8, 4) is 5.88 Å². The second kappa shape index (κ2) is 7.73. The zero-order chi connectivity index (χ0) is 17.6. The first-order valence-corrected chi connectivity index (χ1v) is 7.44. The average molecular weight is 335 g/mol. The molecule has 0 aliphatic heterocycles. The predicted octanol–water partition coefficient (Wildman–Crippen LogP) is 1.14. The van der Waals surface area contributed by atoms with Crippen LogP contribution in [0, 0.1) is 0 Å². The number of rotatable bonds is 7. The SMILES string of the molecule is CC(C)(C)OC(=O)c1cc(CNc2cc(OCCO)ncn2)[nH]n1. The second-order valence-electron chi connectivity index (χ2n) is 5.95. The summed E-state index contributed by atoms with van der Waals surface area (Å²) in [4.78, 5) is 19.9. The maximum Gasteiger partial charge on any atom is 0.359 e. The van der Waals surface area contributed by atoms with Gasteiger partial charge in [0.25, 0.3) is 0 Å². The van der Waals surface area contributed by atoms with Gasteiger partial charge in [-0.2, -0.15) is 5.10 Å². The first kappa shape index (κ1) is 17.7. The Labute approximate surface area is 139 Å². The fourth-order valence-corrected chi connectivity index (χ4v) is 1.74. The molecule has 0 saturated heterocycles. The fourth-order valence-electron chi connectivity index (χ4n) is 1.74. The summed E-state index contributed by atoms with van der Waals surface area (Å²) in [5.74, 6) is 0.429. The lowest BCUT2D eigenvalue weighted by atomic mass is 10.2. The Morgan fingerprint density at radius 2 is 2.12 bits per heavy atom. The lowest BCUT2D eigenvalue weighted by Gasteiger charge is -2.18. The number of anilines is 1. The van der Waals surface area contributed by atoms with Crippen LogP contribution < -0.4 is 10.1 Å². The third-order valence-electron chi connectivity index (χ3n) is 2.68. The molecule has 0 unspecified atom stereocenters. The van der Waals surface area contributed by atoms with Crippen LogP contribution >= 0.6 is 0 Å². The minimum absolute atomic E-state index is 0.0889. The van der Waals surface area contributed by atoms with E-state index >= 15 is 0 Å². The van der Waals surface area contributed by atoms with Crippen LogP contribution in [0.25, 0.3) is 0 Å². The van der Waals surface area contributed by atoms with Gasteiger partial charge in [0.15, 0.2) is 5.69 Å². The van der Waals surface area contributed by atoms with Crippen LogP contribution in [0.4, 0.5) is 5.82 Å².